The van der Waals surface area contributed by atoms with Gasteiger partial charge in [0.15, 0.2) is 6.29 Å². The lowest BCUT2D eigenvalue weighted by Gasteiger charge is -1.89. The summed E-state index contributed by atoms with van der Waals surface area (Å²) >= 11 is 5.75. The summed E-state index contributed by atoms with van der Waals surface area (Å²) < 4.78 is 5.11. The molecule has 0 saturated carbocycles. The van der Waals surface area contributed by atoms with Crippen LogP contribution >= 0.6 is 11.6 Å². The third-order valence-electron chi connectivity index (χ3n) is 1.69. The summed E-state index contributed by atoms with van der Waals surface area (Å²) in [6.07, 6.45) is 2.18. The van der Waals surface area contributed by atoms with Gasteiger partial charge in [0.25, 0.3) is 0 Å². The lowest BCUT2D eigenvalue weighted by Crippen LogP contribution is -1.73. The van der Waals surface area contributed by atoms with E-state index in [1.54, 1.807) is 18.2 Å². The number of carbonyl (C=O) groups excluding carboxylic acids is 1. The van der Waals surface area contributed by atoms with E-state index in [0.717, 1.165) is 11.7 Å². The molecule has 3 heteroatoms. The van der Waals surface area contributed by atoms with Crippen molar-refractivity contribution in [3.63, 3.8) is 0 Å². The minimum absolute atomic E-state index is 0.535. The van der Waals surface area contributed by atoms with Crippen molar-refractivity contribution in [1.29, 1.82) is 0 Å². The summed E-state index contributed by atoms with van der Waals surface area (Å²) in [4.78, 5) is 10.5. The third kappa shape index (κ3) is 1.01. The lowest BCUT2D eigenvalue weighted by atomic mass is 10.2. The van der Waals surface area contributed by atoms with E-state index < -0.39 is 0 Å². The highest BCUT2D eigenvalue weighted by atomic mass is 35.5. The second-order valence-corrected chi connectivity index (χ2v) is 2.89. The van der Waals surface area contributed by atoms with Crippen LogP contribution in [0.2, 0.25) is 5.02 Å². The highest BCUT2D eigenvalue weighted by Gasteiger charge is 2.04. The Hall–Kier alpha value is -1.28. The third-order valence-corrected chi connectivity index (χ3v) is 1.93. The molecule has 60 valence electrons. The normalized spacial score (nSPS) is 10.4. The van der Waals surface area contributed by atoms with Crippen LogP contribution in [-0.2, 0) is 0 Å². The van der Waals surface area contributed by atoms with Gasteiger partial charge in [0, 0.05) is 10.4 Å². The van der Waals surface area contributed by atoms with Gasteiger partial charge in [0.1, 0.15) is 11.8 Å². The number of rotatable bonds is 1. The topological polar surface area (TPSA) is 30.2 Å². The van der Waals surface area contributed by atoms with Gasteiger partial charge in [0.2, 0.25) is 0 Å². The predicted octanol–water partition coefficient (Wildman–Crippen LogP) is 2.90. The van der Waals surface area contributed by atoms with Crippen LogP contribution in [0.3, 0.4) is 0 Å². The average molecular weight is 181 g/mol. The number of halogens is 1. The second kappa shape index (κ2) is 2.64. The Morgan fingerprint density at radius 2 is 2.25 bits per heavy atom. The molecule has 1 heterocycles. The Kier molecular flexibility index (Phi) is 1.62. The first-order chi connectivity index (χ1) is 5.81. The van der Waals surface area contributed by atoms with Crippen LogP contribution < -0.4 is 0 Å². The maximum absolute atomic E-state index is 10.5. The molecule has 0 fully saturated rings. The zero-order valence-corrected chi connectivity index (χ0v) is 6.84. The van der Waals surface area contributed by atoms with Crippen LogP contribution in [0.1, 0.15) is 10.4 Å². The number of benzene rings is 1. The first kappa shape index (κ1) is 7.37. The average Bonchev–Trinajstić information content (AvgIpc) is 2.46. The number of aldehydes is 1. The van der Waals surface area contributed by atoms with Crippen molar-refractivity contribution in [1.82, 2.24) is 0 Å². The fraction of sp³-hybridized carbons (Fsp3) is 0. The maximum atomic E-state index is 10.5. The summed E-state index contributed by atoms with van der Waals surface area (Å²) in [5.74, 6) is 0. The molecule has 12 heavy (non-hydrogen) atoms. The fourth-order valence-electron chi connectivity index (χ4n) is 1.11. The number of carbonyl (C=O) groups is 1. The largest absolute Gasteiger partial charge is 0.464 e. The van der Waals surface area contributed by atoms with E-state index in [9.17, 15) is 4.79 Å². The van der Waals surface area contributed by atoms with Crippen molar-refractivity contribution in [3.05, 3.63) is 35.0 Å². The van der Waals surface area contributed by atoms with E-state index in [-0.39, 0.29) is 0 Å². The molecule has 0 unspecified atom stereocenters. The first-order valence-electron chi connectivity index (χ1n) is 3.43. The molecule has 0 aliphatic rings. The first-order valence-corrected chi connectivity index (χ1v) is 3.81. The van der Waals surface area contributed by atoms with Crippen LogP contribution in [0.4, 0.5) is 0 Å². The van der Waals surface area contributed by atoms with Crippen LogP contribution in [0.25, 0.3) is 11.0 Å². The summed E-state index contributed by atoms with van der Waals surface area (Å²) in [5.41, 5.74) is 1.22. The number of fused-ring (bicyclic) bond motifs is 1. The van der Waals surface area contributed by atoms with Crippen molar-refractivity contribution in [2.24, 2.45) is 0 Å². The molecule has 2 rings (SSSR count). The molecule has 0 amide bonds. The van der Waals surface area contributed by atoms with E-state index >= 15 is 0 Å². The lowest BCUT2D eigenvalue weighted by molar-refractivity contribution is 0.112. The number of hydrogen-bond acceptors (Lipinski definition) is 2. The molecule has 0 radical (unpaired) electrons. The monoisotopic (exact) mass is 180 g/mol. The quantitative estimate of drug-likeness (QED) is 0.632. The van der Waals surface area contributed by atoms with Crippen LogP contribution in [0.15, 0.2) is 28.9 Å². The Labute approximate surface area is 73.7 Å². The number of hydrogen-bond donors (Lipinski definition) is 0. The van der Waals surface area contributed by atoms with Gasteiger partial charge in [-0.05, 0) is 18.2 Å². The molecule has 1 aromatic heterocycles. The minimum atomic E-state index is 0.535. The molecule has 0 bridgehead atoms. The van der Waals surface area contributed by atoms with Gasteiger partial charge >= 0.3 is 0 Å². The molecule has 0 aliphatic heterocycles. The highest BCUT2D eigenvalue weighted by molar-refractivity contribution is 6.31. The van der Waals surface area contributed by atoms with Crippen molar-refractivity contribution in [2.45, 2.75) is 0 Å². The van der Waals surface area contributed by atoms with E-state index in [1.807, 2.05) is 0 Å². The number of furan rings is 1. The second-order valence-electron chi connectivity index (χ2n) is 2.45. The van der Waals surface area contributed by atoms with Gasteiger partial charge in [-0.25, -0.2) is 0 Å². The Bertz CT molecular complexity index is 431. The smallest absolute Gasteiger partial charge is 0.153 e. The maximum Gasteiger partial charge on any atom is 0.153 e. The fourth-order valence-corrected chi connectivity index (χ4v) is 1.28. The van der Waals surface area contributed by atoms with E-state index in [0.29, 0.717) is 16.2 Å². The molecule has 0 saturated heterocycles. The Morgan fingerprint density at radius 1 is 1.42 bits per heavy atom. The SMILES string of the molecule is O=Cc1coc2ccc(Cl)cc12. The molecule has 0 spiro atoms. The van der Waals surface area contributed by atoms with Crippen molar-refractivity contribution in [2.75, 3.05) is 0 Å². The highest BCUT2D eigenvalue weighted by Crippen LogP contribution is 2.23. The molecular formula is C9H5ClO2. The van der Waals surface area contributed by atoms with E-state index in [2.05, 4.69) is 0 Å². The Balaban J connectivity index is 2.83. The minimum Gasteiger partial charge on any atom is -0.464 e. The predicted molar refractivity (Wildman–Crippen MR) is 46.6 cm³/mol. The summed E-state index contributed by atoms with van der Waals surface area (Å²) in [6, 6.07) is 5.18. The van der Waals surface area contributed by atoms with Crippen molar-refractivity contribution in [3.8, 4) is 0 Å². The molecule has 2 nitrogen and oxygen atoms in total. The standard InChI is InChI=1S/C9H5ClO2/c10-7-1-2-9-8(3-7)6(4-11)5-12-9/h1-5H. The Morgan fingerprint density at radius 3 is 3.00 bits per heavy atom. The zero-order valence-electron chi connectivity index (χ0n) is 6.08. The van der Waals surface area contributed by atoms with Gasteiger partial charge in [-0.3, -0.25) is 4.79 Å². The zero-order chi connectivity index (χ0) is 8.55. The summed E-state index contributed by atoms with van der Waals surface area (Å²) in [6.45, 7) is 0. The van der Waals surface area contributed by atoms with Gasteiger partial charge < -0.3 is 4.42 Å². The molecule has 0 aliphatic carbocycles. The van der Waals surface area contributed by atoms with Gasteiger partial charge in [-0.15, -0.1) is 0 Å². The summed E-state index contributed by atoms with van der Waals surface area (Å²) in [5, 5.41) is 1.37. The van der Waals surface area contributed by atoms with E-state index in [4.69, 9.17) is 16.0 Å². The molecule has 2 aromatic rings. The molecular weight excluding hydrogens is 176 g/mol. The molecule has 0 N–H and O–H groups in total. The van der Waals surface area contributed by atoms with Gasteiger partial charge in [-0.1, -0.05) is 11.6 Å². The summed E-state index contributed by atoms with van der Waals surface area (Å²) in [7, 11) is 0. The van der Waals surface area contributed by atoms with Crippen LogP contribution in [-0.4, -0.2) is 6.29 Å². The van der Waals surface area contributed by atoms with Crippen LogP contribution in [0, 0.1) is 0 Å². The van der Waals surface area contributed by atoms with Gasteiger partial charge in [-0.2, -0.15) is 0 Å². The molecule has 0 atom stereocenters. The van der Waals surface area contributed by atoms with Crippen molar-refractivity contribution < 1.29 is 9.21 Å². The van der Waals surface area contributed by atoms with Gasteiger partial charge in [0.05, 0.1) is 5.56 Å². The van der Waals surface area contributed by atoms with Crippen molar-refractivity contribution >= 4 is 28.9 Å². The van der Waals surface area contributed by atoms with Crippen LogP contribution in [0.5, 0.6) is 0 Å². The van der Waals surface area contributed by atoms with E-state index in [1.165, 1.54) is 6.26 Å². The molecule has 1 aromatic carbocycles.